The van der Waals surface area contributed by atoms with Crippen molar-refractivity contribution >= 4 is 17.5 Å². The van der Waals surface area contributed by atoms with Crippen molar-refractivity contribution in [2.75, 3.05) is 10.6 Å². The molecule has 112 valence electrons. The van der Waals surface area contributed by atoms with Crippen LogP contribution < -0.4 is 10.6 Å². The predicted molar refractivity (Wildman–Crippen MR) is 80.0 cm³/mol. The van der Waals surface area contributed by atoms with Crippen LogP contribution in [0.2, 0.25) is 0 Å². The lowest BCUT2D eigenvalue weighted by Gasteiger charge is -2.07. The Morgan fingerprint density at radius 3 is 2.91 bits per heavy atom. The zero-order valence-electron chi connectivity index (χ0n) is 11.9. The van der Waals surface area contributed by atoms with Gasteiger partial charge in [0.05, 0.1) is 11.9 Å². The molecule has 0 aliphatic carbocycles. The summed E-state index contributed by atoms with van der Waals surface area (Å²) in [7, 11) is 1.83. The van der Waals surface area contributed by atoms with Gasteiger partial charge < -0.3 is 10.6 Å². The maximum absolute atomic E-state index is 13.5. The number of aromatic nitrogens is 5. The van der Waals surface area contributed by atoms with Gasteiger partial charge in [-0.1, -0.05) is 6.07 Å². The molecule has 0 spiro atoms. The molecule has 2 N–H and O–H groups in total. The van der Waals surface area contributed by atoms with Crippen LogP contribution in [0.25, 0.3) is 0 Å². The van der Waals surface area contributed by atoms with Gasteiger partial charge in [0, 0.05) is 37.7 Å². The first-order valence-electron chi connectivity index (χ1n) is 6.63. The minimum Gasteiger partial charge on any atom is -0.366 e. The Hall–Kier alpha value is -3.03. The van der Waals surface area contributed by atoms with Crippen molar-refractivity contribution in [3.8, 4) is 0 Å². The number of hydrogen-bond donors (Lipinski definition) is 2. The predicted octanol–water partition coefficient (Wildman–Crippen LogP) is 2.10. The van der Waals surface area contributed by atoms with E-state index in [4.69, 9.17) is 0 Å². The van der Waals surface area contributed by atoms with Crippen molar-refractivity contribution in [1.29, 1.82) is 0 Å². The van der Waals surface area contributed by atoms with E-state index in [2.05, 4.69) is 30.7 Å². The molecule has 7 nitrogen and oxygen atoms in total. The molecule has 3 rings (SSSR count). The van der Waals surface area contributed by atoms with Gasteiger partial charge in [0.1, 0.15) is 5.82 Å². The number of halogens is 1. The quantitative estimate of drug-likeness (QED) is 0.702. The van der Waals surface area contributed by atoms with E-state index < -0.39 is 5.95 Å². The number of rotatable bonds is 5. The molecule has 0 unspecified atom stereocenters. The minimum absolute atomic E-state index is 0.295. The smallest absolute Gasteiger partial charge is 0.229 e. The SMILES string of the molecule is Cn1cc(Nc2nccc(NCc3cccnc3F)n2)cn1. The van der Waals surface area contributed by atoms with Gasteiger partial charge in [0.25, 0.3) is 0 Å². The Kier molecular flexibility index (Phi) is 3.90. The van der Waals surface area contributed by atoms with E-state index in [-0.39, 0.29) is 0 Å². The third kappa shape index (κ3) is 3.35. The first-order chi connectivity index (χ1) is 10.7. The fraction of sp³-hybridized carbons (Fsp3) is 0.143. The molecule has 0 bridgehead atoms. The van der Waals surface area contributed by atoms with Gasteiger partial charge in [-0.05, 0) is 12.1 Å². The Morgan fingerprint density at radius 2 is 2.14 bits per heavy atom. The van der Waals surface area contributed by atoms with Gasteiger partial charge in [0.15, 0.2) is 0 Å². The van der Waals surface area contributed by atoms with Crippen LogP contribution >= 0.6 is 0 Å². The fourth-order valence-corrected chi connectivity index (χ4v) is 1.87. The van der Waals surface area contributed by atoms with Crippen molar-refractivity contribution in [3.63, 3.8) is 0 Å². The van der Waals surface area contributed by atoms with Crippen molar-refractivity contribution in [2.24, 2.45) is 7.05 Å². The molecule has 3 aromatic heterocycles. The maximum atomic E-state index is 13.5. The molecule has 3 heterocycles. The summed E-state index contributed by atoms with van der Waals surface area (Å²) in [6.45, 7) is 0.295. The molecule has 0 saturated carbocycles. The van der Waals surface area contributed by atoms with Crippen LogP contribution in [-0.4, -0.2) is 24.7 Å². The molecule has 8 heteroatoms. The van der Waals surface area contributed by atoms with E-state index in [1.165, 1.54) is 6.20 Å². The molecular weight excluding hydrogens is 285 g/mol. The fourth-order valence-electron chi connectivity index (χ4n) is 1.87. The zero-order valence-corrected chi connectivity index (χ0v) is 11.9. The Bertz CT molecular complexity index is 771. The van der Waals surface area contributed by atoms with Crippen LogP contribution in [0.1, 0.15) is 5.56 Å². The third-order valence-electron chi connectivity index (χ3n) is 2.91. The molecule has 0 fully saturated rings. The van der Waals surface area contributed by atoms with Gasteiger partial charge in [-0.15, -0.1) is 0 Å². The average Bonchev–Trinajstić information content (AvgIpc) is 2.92. The van der Waals surface area contributed by atoms with Crippen molar-refractivity contribution in [2.45, 2.75) is 6.54 Å². The molecule has 0 atom stereocenters. The molecule has 0 amide bonds. The van der Waals surface area contributed by atoms with Crippen molar-refractivity contribution in [3.05, 3.63) is 54.5 Å². The second-order valence-corrected chi connectivity index (χ2v) is 4.60. The van der Waals surface area contributed by atoms with Crippen LogP contribution in [0.4, 0.5) is 21.8 Å². The highest BCUT2D eigenvalue weighted by atomic mass is 19.1. The second kappa shape index (κ2) is 6.17. The summed E-state index contributed by atoms with van der Waals surface area (Å²) in [4.78, 5) is 12.0. The first-order valence-corrected chi connectivity index (χ1v) is 6.63. The van der Waals surface area contributed by atoms with Gasteiger partial charge >= 0.3 is 0 Å². The summed E-state index contributed by atoms with van der Waals surface area (Å²) in [5, 5.41) is 10.1. The summed E-state index contributed by atoms with van der Waals surface area (Å²) in [5.74, 6) is 0.534. The van der Waals surface area contributed by atoms with Crippen LogP contribution in [0, 0.1) is 5.95 Å². The lowest BCUT2D eigenvalue weighted by molar-refractivity contribution is 0.569. The highest BCUT2D eigenvalue weighted by Gasteiger charge is 2.04. The number of hydrogen-bond acceptors (Lipinski definition) is 6. The van der Waals surface area contributed by atoms with Crippen molar-refractivity contribution in [1.82, 2.24) is 24.7 Å². The van der Waals surface area contributed by atoms with Crippen LogP contribution in [0.5, 0.6) is 0 Å². The second-order valence-electron chi connectivity index (χ2n) is 4.60. The van der Waals surface area contributed by atoms with Crippen LogP contribution in [0.15, 0.2) is 43.0 Å². The van der Waals surface area contributed by atoms with Crippen LogP contribution in [-0.2, 0) is 13.6 Å². The third-order valence-corrected chi connectivity index (χ3v) is 2.91. The molecule has 3 aromatic rings. The Balaban J connectivity index is 1.67. The summed E-state index contributed by atoms with van der Waals surface area (Å²) in [6.07, 6.45) is 6.52. The molecule has 0 aliphatic rings. The van der Waals surface area contributed by atoms with E-state index in [0.717, 1.165) is 5.69 Å². The summed E-state index contributed by atoms with van der Waals surface area (Å²) >= 11 is 0. The van der Waals surface area contributed by atoms with E-state index >= 15 is 0 Å². The highest BCUT2D eigenvalue weighted by molar-refractivity contribution is 5.52. The van der Waals surface area contributed by atoms with E-state index in [1.807, 2.05) is 13.2 Å². The van der Waals surface area contributed by atoms with Gasteiger partial charge in [-0.2, -0.15) is 14.5 Å². The molecule has 0 radical (unpaired) electrons. The standard InChI is InChI=1S/C14H14FN7/c1-22-9-11(8-19-22)20-14-17-6-4-12(21-14)18-7-10-3-2-5-16-13(10)15/h2-6,8-9H,7H2,1H3,(H2,17,18,20,21). The molecule has 0 saturated heterocycles. The zero-order chi connectivity index (χ0) is 15.4. The number of pyridine rings is 1. The van der Waals surface area contributed by atoms with Gasteiger partial charge in [0.2, 0.25) is 11.9 Å². The largest absolute Gasteiger partial charge is 0.366 e. The normalized spacial score (nSPS) is 10.5. The minimum atomic E-state index is -0.488. The number of nitrogens with one attached hydrogen (secondary N) is 2. The first kappa shape index (κ1) is 13.9. The number of nitrogens with zero attached hydrogens (tertiary/aromatic N) is 5. The van der Waals surface area contributed by atoms with Gasteiger partial charge in [-0.3, -0.25) is 4.68 Å². The lowest BCUT2D eigenvalue weighted by Crippen LogP contribution is -2.06. The molecule has 0 aliphatic heterocycles. The van der Waals surface area contributed by atoms with E-state index in [0.29, 0.717) is 23.9 Å². The number of anilines is 3. The Labute approximate surface area is 126 Å². The summed E-state index contributed by atoms with van der Waals surface area (Å²) in [5.41, 5.74) is 1.26. The Morgan fingerprint density at radius 1 is 1.23 bits per heavy atom. The maximum Gasteiger partial charge on any atom is 0.229 e. The molecule has 0 aromatic carbocycles. The van der Waals surface area contributed by atoms with Crippen molar-refractivity contribution < 1.29 is 4.39 Å². The lowest BCUT2D eigenvalue weighted by atomic mass is 10.3. The summed E-state index contributed by atoms with van der Waals surface area (Å²) < 4.78 is 15.1. The topological polar surface area (TPSA) is 80.5 Å². The average molecular weight is 299 g/mol. The molecule has 22 heavy (non-hydrogen) atoms. The molecular formula is C14H14FN7. The highest BCUT2D eigenvalue weighted by Crippen LogP contribution is 2.13. The van der Waals surface area contributed by atoms with Gasteiger partial charge in [-0.25, -0.2) is 9.97 Å². The van der Waals surface area contributed by atoms with E-state index in [1.54, 1.807) is 35.3 Å². The van der Waals surface area contributed by atoms with Crippen LogP contribution in [0.3, 0.4) is 0 Å². The number of aryl methyl sites for hydroxylation is 1. The monoisotopic (exact) mass is 299 g/mol. The summed E-state index contributed by atoms with van der Waals surface area (Å²) in [6, 6.07) is 5.07. The van der Waals surface area contributed by atoms with E-state index in [9.17, 15) is 4.39 Å².